The van der Waals surface area contributed by atoms with Crippen molar-refractivity contribution in [2.24, 2.45) is 0 Å². The Bertz CT molecular complexity index is 440. The Hall–Kier alpha value is -0.540. The average molecular weight is 394 g/mol. The molecule has 0 bridgehead atoms. The van der Waals surface area contributed by atoms with Crippen molar-refractivity contribution in [1.82, 2.24) is 0 Å². The molecule has 1 rings (SSSR count). The van der Waals surface area contributed by atoms with E-state index in [2.05, 4.69) is 10.1 Å². The third kappa shape index (κ3) is 5.87. The fraction of sp³-hybridized carbons (Fsp3) is 0.300. The van der Waals surface area contributed by atoms with Crippen molar-refractivity contribution >= 4 is 45.8 Å². The van der Waals surface area contributed by atoms with Crippen molar-refractivity contribution in [2.75, 3.05) is 18.5 Å². The van der Waals surface area contributed by atoms with E-state index in [1.807, 2.05) is 22.6 Å². The maximum atomic E-state index is 11.8. The summed E-state index contributed by atoms with van der Waals surface area (Å²) in [7, 11) is 0. The standard InChI is InChI=1S/C10H8ClF3INO2/c11-6-1-2-8(7(15)3-6)16-9(17)4-18-5-10(12,13)14/h1-3H,4-5H2,(H,16,17). The minimum absolute atomic E-state index is 0.473. The van der Waals surface area contributed by atoms with Crippen LogP contribution in [-0.4, -0.2) is 25.3 Å². The largest absolute Gasteiger partial charge is 0.411 e. The molecule has 0 unspecified atom stereocenters. The summed E-state index contributed by atoms with van der Waals surface area (Å²) < 4.78 is 40.2. The first-order valence-corrected chi connectivity index (χ1v) is 6.13. The van der Waals surface area contributed by atoms with Gasteiger partial charge >= 0.3 is 6.18 Å². The van der Waals surface area contributed by atoms with Crippen molar-refractivity contribution in [1.29, 1.82) is 0 Å². The van der Waals surface area contributed by atoms with Crippen LogP contribution < -0.4 is 5.32 Å². The lowest BCUT2D eigenvalue weighted by molar-refractivity contribution is -0.174. The normalized spacial score (nSPS) is 11.4. The summed E-state index contributed by atoms with van der Waals surface area (Å²) in [5.74, 6) is -0.653. The Balaban J connectivity index is 2.45. The van der Waals surface area contributed by atoms with Crippen molar-refractivity contribution in [3.05, 3.63) is 26.8 Å². The monoisotopic (exact) mass is 393 g/mol. The van der Waals surface area contributed by atoms with Crippen LogP contribution in [0.2, 0.25) is 5.02 Å². The Kier molecular flexibility index (Phi) is 5.67. The van der Waals surface area contributed by atoms with Crippen LogP contribution in [0.25, 0.3) is 0 Å². The average Bonchev–Trinajstić information content (AvgIpc) is 2.20. The van der Waals surface area contributed by atoms with Crippen LogP contribution >= 0.6 is 34.2 Å². The summed E-state index contributed by atoms with van der Waals surface area (Å²) in [6, 6.07) is 4.75. The van der Waals surface area contributed by atoms with Crippen molar-refractivity contribution in [3.63, 3.8) is 0 Å². The molecule has 0 atom stereocenters. The lowest BCUT2D eigenvalue weighted by Crippen LogP contribution is -2.24. The predicted molar refractivity (Wildman–Crippen MR) is 69.7 cm³/mol. The molecule has 1 aromatic rings. The smallest absolute Gasteiger partial charge is 0.362 e. The van der Waals surface area contributed by atoms with E-state index >= 15 is 0 Å². The van der Waals surface area contributed by atoms with Crippen molar-refractivity contribution in [3.8, 4) is 0 Å². The molecule has 0 aromatic heterocycles. The number of ether oxygens (including phenoxy) is 1. The number of alkyl halides is 3. The zero-order valence-electron chi connectivity index (χ0n) is 8.85. The van der Waals surface area contributed by atoms with Gasteiger partial charge in [0.05, 0.1) is 5.69 Å². The van der Waals surface area contributed by atoms with Gasteiger partial charge in [0.1, 0.15) is 13.2 Å². The molecule has 0 aliphatic heterocycles. The van der Waals surface area contributed by atoms with Crippen molar-refractivity contribution in [2.45, 2.75) is 6.18 Å². The molecule has 0 radical (unpaired) electrons. The van der Waals surface area contributed by atoms with Gasteiger partial charge in [-0.15, -0.1) is 0 Å². The summed E-state index contributed by atoms with van der Waals surface area (Å²) in [5, 5.41) is 2.93. The number of amides is 1. The number of nitrogens with one attached hydrogen (secondary N) is 1. The van der Waals surface area contributed by atoms with Gasteiger partial charge in [-0.3, -0.25) is 4.79 Å². The summed E-state index contributed by atoms with van der Waals surface area (Å²) >= 11 is 7.67. The molecule has 0 saturated carbocycles. The number of carbonyl (C=O) groups excluding carboxylic acids is 1. The molecule has 1 amide bonds. The second-order valence-corrected chi connectivity index (χ2v) is 4.88. The Morgan fingerprint density at radius 1 is 1.44 bits per heavy atom. The maximum absolute atomic E-state index is 11.8. The van der Waals surface area contributed by atoms with Crippen LogP contribution in [0, 0.1) is 3.57 Å². The molecule has 18 heavy (non-hydrogen) atoms. The van der Waals surface area contributed by atoms with Gasteiger partial charge in [-0.1, -0.05) is 11.6 Å². The van der Waals surface area contributed by atoms with Gasteiger partial charge < -0.3 is 10.1 Å². The second-order valence-electron chi connectivity index (χ2n) is 3.28. The number of anilines is 1. The molecule has 1 N–H and O–H groups in total. The number of rotatable bonds is 4. The first-order valence-electron chi connectivity index (χ1n) is 4.67. The Morgan fingerprint density at radius 2 is 2.11 bits per heavy atom. The van der Waals surface area contributed by atoms with Gasteiger partial charge in [0.15, 0.2) is 0 Å². The molecule has 8 heteroatoms. The lowest BCUT2D eigenvalue weighted by atomic mass is 10.3. The van der Waals surface area contributed by atoms with E-state index in [-0.39, 0.29) is 0 Å². The first kappa shape index (κ1) is 15.5. The van der Waals surface area contributed by atoms with E-state index in [0.29, 0.717) is 14.3 Å². The van der Waals surface area contributed by atoms with E-state index in [1.165, 1.54) is 0 Å². The topological polar surface area (TPSA) is 38.3 Å². The maximum Gasteiger partial charge on any atom is 0.411 e. The number of hydrogen-bond acceptors (Lipinski definition) is 2. The van der Waals surface area contributed by atoms with Crippen LogP contribution in [0.3, 0.4) is 0 Å². The van der Waals surface area contributed by atoms with Crippen LogP contribution in [0.5, 0.6) is 0 Å². The molecule has 100 valence electrons. The van der Waals surface area contributed by atoms with Gasteiger partial charge in [-0.25, -0.2) is 0 Å². The molecule has 0 aliphatic rings. The quantitative estimate of drug-likeness (QED) is 0.796. The highest BCUT2D eigenvalue weighted by Crippen LogP contribution is 2.22. The summed E-state index contributed by atoms with van der Waals surface area (Å²) in [4.78, 5) is 11.3. The molecule has 0 fully saturated rings. The predicted octanol–water partition coefficient (Wildman–Crippen LogP) is 3.46. The van der Waals surface area contributed by atoms with Crippen LogP contribution in [-0.2, 0) is 9.53 Å². The number of benzene rings is 1. The lowest BCUT2D eigenvalue weighted by Gasteiger charge is -2.09. The van der Waals surface area contributed by atoms with E-state index in [4.69, 9.17) is 11.6 Å². The van der Waals surface area contributed by atoms with E-state index in [0.717, 1.165) is 0 Å². The van der Waals surface area contributed by atoms with Gasteiger partial charge in [-0.05, 0) is 40.8 Å². The third-order valence-corrected chi connectivity index (χ3v) is 2.83. The van der Waals surface area contributed by atoms with Gasteiger partial charge in [0, 0.05) is 8.59 Å². The highest BCUT2D eigenvalue weighted by Gasteiger charge is 2.27. The number of carbonyl (C=O) groups is 1. The Morgan fingerprint density at radius 3 is 2.67 bits per heavy atom. The minimum Gasteiger partial charge on any atom is -0.362 e. The Labute approximate surface area is 120 Å². The molecule has 3 nitrogen and oxygen atoms in total. The third-order valence-electron chi connectivity index (χ3n) is 1.70. The van der Waals surface area contributed by atoms with Crippen LogP contribution in [0.1, 0.15) is 0 Å². The highest BCUT2D eigenvalue weighted by molar-refractivity contribution is 14.1. The van der Waals surface area contributed by atoms with Crippen LogP contribution in [0.15, 0.2) is 18.2 Å². The van der Waals surface area contributed by atoms with E-state index < -0.39 is 25.3 Å². The molecular formula is C10H8ClF3INO2. The van der Waals surface area contributed by atoms with Gasteiger partial charge in [0.2, 0.25) is 5.91 Å². The molecule has 0 aliphatic carbocycles. The van der Waals surface area contributed by atoms with Gasteiger partial charge in [0.25, 0.3) is 0 Å². The molecule has 0 heterocycles. The first-order chi connectivity index (χ1) is 8.28. The fourth-order valence-electron chi connectivity index (χ4n) is 1.04. The van der Waals surface area contributed by atoms with E-state index in [9.17, 15) is 18.0 Å². The number of hydrogen-bond donors (Lipinski definition) is 1. The summed E-state index contributed by atoms with van der Waals surface area (Å²) in [5.41, 5.74) is 0.473. The zero-order valence-corrected chi connectivity index (χ0v) is 11.8. The second kappa shape index (κ2) is 6.58. The fourth-order valence-corrected chi connectivity index (χ4v) is 2.04. The zero-order chi connectivity index (χ0) is 13.8. The van der Waals surface area contributed by atoms with Crippen molar-refractivity contribution < 1.29 is 22.7 Å². The number of halogens is 5. The molecule has 0 saturated heterocycles. The summed E-state index contributed by atoms with van der Waals surface area (Å²) in [6.07, 6.45) is -4.44. The molecular weight excluding hydrogens is 385 g/mol. The molecule has 0 spiro atoms. The van der Waals surface area contributed by atoms with Gasteiger partial charge in [-0.2, -0.15) is 13.2 Å². The SMILES string of the molecule is O=C(COCC(F)(F)F)Nc1ccc(Cl)cc1I. The van der Waals surface area contributed by atoms with Crippen LogP contribution in [0.4, 0.5) is 18.9 Å². The minimum atomic E-state index is -4.44. The highest BCUT2D eigenvalue weighted by atomic mass is 127. The summed E-state index contributed by atoms with van der Waals surface area (Å²) in [6.45, 7) is -2.10. The molecule has 1 aromatic carbocycles. The van der Waals surface area contributed by atoms with E-state index in [1.54, 1.807) is 18.2 Å².